The number of aliphatic carboxylic acids is 2. The van der Waals surface area contributed by atoms with Crippen molar-refractivity contribution in [2.24, 2.45) is 0 Å². The zero-order chi connectivity index (χ0) is 22.5. The summed E-state index contributed by atoms with van der Waals surface area (Å²) >= 11 is 0. The molecule has 1 amide bonds. The fraction of sp³-hybridized carbons (Fsp3) is 0.118. The summed E-state index contributed by atoms with van der Waals surface area (Å²) in [4.78, 5) is 42.4. The molecule has 1 atom stereocenters. The monoisotopic (exact) mass is 438 g/mol. The summed E-state index contributed by atoms with van der Waals surface area (Å²) in [6.45, 7) is 0. The van der Waals surface area contributed by atoms with Crippen LogP contribution in [0, 0.1) is 10.1 Å². The van der Waals surface area contributed by atoms with Gasteiger partial charge >= 0.3 is 28.0 Å². The van der Waals surface area contributed by atoms with Crippen LogP contribution in [0.5, 0.6) is 5.75 Å². The highest BCUT2D eigenvalue weighted by Crippen LogP contribution is 2.26. The standard InChI is InChI=1S/C17H14N2O10S/c20-15(17(23)24)18-12(16(21)22)9-10-5-7-11(8-6-10)29-30(27,28)14-4-2-1-3-13(14)19(25)26/h1-8,12H,9H2,(H,18,20)(H,21,22)(H,23,24)/t12-/m1/s1. The van der Waals surface area contributed by atoms with Gasteiger partial charge in [-0.25, -0.2) is 9.59 Å². The summed E-state index contributed by atoms with van der Waals surface area (Å²) in [5, 5.41) is 30.5. The smallest absolute Gasteiger partial charge is 0.394 e. The first-order valence-corrected chi connectivity index (χ1v) is 9.45. The maximum Gasteiger partial charge on any atom is 0.394 e. The van der Waals surface area contributed by atoms with Gasteiger partial charge in [-0.1, -0.05) is 24.3 Å². The van der Waals surface area contributed by atoms with Gasteiger partial charge in [-0.2, -0.15) is 8.42 Å². The van der Waals surface area contributed by atoms with E-state index in [9.17, 15) is 32.9 Å². The van der Waals surface area contributed by atoms with Gasteiger partial charge in [0.1, 0.15) is 11.8 Å². The normalized spacial score (nSPS) is 11.9. The van der Waals surface area contributed by atoms with Gasteiger partial charge < -0.3 is 19.7 Å². The number of carboxylic acid groups (broad SMARTS) is 2. The Hall–Kier alpha value is -4.00. The van der Waals surface area contributed by atoms with Crippen molar-refractivity contribution in [2.45, 2.75) is 17.4 Å². The number of nitro groups is 1. The third-order valence-corrected chi connectivity index (χ3v) is 4.99. The van der Waals surface area contributed by atoms with Crippen LogP contribution in [0.15, 0.2) is 53.4 Å². The molecule has 0 aromatic heterocycles. The van der Waals surface area contributed by atoms with Gasteiger partial charge in [0, 0.05) is 12.5 Å². The number of carboxylic acids is 2. The summed E-state index contributed by atoms with van der Waals surface area (Å²) in [6, 6.07) is 8.05. The minimum atomic E-state index is -4.52. The zero-order valence-corrected chi connectivity index (χ0v) is 15.7. The van der Waals surface area contributed by atoms with Gasteiger partial charge in [0.25, 0.3) is 5.69 Å². The van der Waals surface area contributed by atoms with Gasteiger partial charge in [0.2, 0.25) is 0 Å². The van der Waals surface area contributed by atoms with Gasteiger partial charge in [0.05, 0.1) is 4.92 Å². The first kappa shape index (κ1) is 22.3. The molecule has 0 aliphatic rings. The molecule has 2 rings (SSSR count). The van der Waals surface area contributed by atoms with Crippen molar-refractivity contribution in [1.29, 1.82) is 0 Å². The summed E-state index contributed by atoms with van der Waals surface area (Å²) in [5.41, 5.74) is -0.337. The van der Waals surface area contributed by atoms with Crippen molar-refractivity contribution < 1.29 is 42.1 Å². The molecule has 158 valence electrons. The lowest BCUT2D eigenvalue weighted by Gasteiger charge is -2.13. The zero-order valence-electron chi connectivity index (χ0n) is 14.9. The summed E-state index contributed by atoms with van der Waals surface area (Å²) in [7, 11) is -4.52. The first-order chi connectivity index (χ1) is 14.0. The average Bonchev–Trinajstić information content (AvgIpc) is 2.68. The molecule has 0 aliphatic carbocycles. The Morgan fingerprint density at radius 2 is 1.67 bits per heavy atom. The van der Waals surface area contributed by atoms with Crippen LogP contribution in [-0.4, -0.2) is 47.4 Å². The van der Waals surface area contributed by atoms with E-state index in [4.69, 9.17) is 14.4 Å². The van der Waals surface area contributed by atoms with E-state index in [1.165, 1.54) is 36.4 Å². The first-order valence-electron chi connectivity index (χ1n) is 8.04. The van der Waals surface area contributed by atoms with E-state index in [1.54, 1.807) is 0 Å². The van der Waals surface area contributed by atoms with Gasteiger partial charge in [-0.3, -0.25) is 14.9 Å². The number of hydrogen-bond acceptors (Lipinski definition) is 8. The fourth-order valence-electron chi connectivity index (χ4n) is 2.33. The lowest BCUT2D eigenvalue weighted by Crippen LogP contribution is -2.45. The van der Waals surface area contributed by atoms with Crippen LogP contribution >= 0.6 is 0 Å². The van der Waals surface area contributed by atoms with Crippen LogP contribution in [0.25, 0.3) is 0 Å². The third kappa shape index (κ3) is 5.51. The fourth-order valence-corrected chi connectivity index (χ4v) is 3.43. The number of rotatable bonds is 8. The quantitative estimate of drug-likeness (QED) is 0.227. The van der Waals surface area contributed by atoms with Gasteiger partial charge in [0.15, 0.2) is 4.90 Å². The van der Waals surface area contributed by atoms with Gasteiger partial charge in [-0.15, -0.1) is 0 Å². The third-order valence-electron chi connectivity index (χ3n) is 3.70. The predicted molar refractivity (Wildman–Crippen MR) is 98.3 cm³/mol. The van der Waals surface area contributed by atoms with Crippen molar-refractivity contribution in [2.75, 3.05) is 0 Å². The van der Waals surface area contributed by atoms with Crippen LogP contribution in [0.2, 0.25) is 0 Å². The van der Waals surface area contributed by atoms with E-state index in [2.05, 4.69) is 0 Å². The Morgan fingerprint density at radius 3 is 2.20 bits per heavy atom. The molecular formula is C17H14N2O10S. The van der Waals surface area contributed by atoms with E-state index >= 15 is 0 Å². The Morgan fingerprint density at radius 1 is 1.07 bits per heavy atom. The number of carbonyl (C=O) groups is 3. The molecule has 0 fully saturated rings. The number of hydrogen-bond donors (Lipinski definition) is 3. The molecule has 0 spiro atoms. The average molecular weight is 438 g/mol. The number of nitro benzene ring substituents is 1. The van der Waals surface area contributed by atoms with E-state index in [1.807, 2.05) is 5.32 Å². The highest BCUT2D eigenvalue weighted by Gasteiger charge is 2.27. The van der Waals surface area contributed by atoms with Crippen LogP contribution in [0.3, 0.4) is 0 Å². The molecule has 0 radical (unpaired) electrons. The minimum Gasteiger partial charge on any atom is -0.480 e. The largest absolute Gasteiger partial charge is 0.480 e. The molecule has 3 N–H and O–H groups in total. The predicted octanol–water partition coefficient (Wildman–Crippen LogP) is 0.559. The molecule has 12 nitrogen and oxygen atoms in total. The van der Waals surface area contributed by atoms with E-state index in [0.717, 1.165) is 12.1 Å². The Kier molecular flexibility index (Phi) is 6.69. The molecule has 13 heteroatoms. The second-order valence-electron chi connectivity index (χ2n) is 5.78. The molecular weight excluding hydrogens is 424 g/mol. The van der Waals surface area contributed by atoms with Crippen LogP contribution in [0.4, 0.5) is 5.69 Å². The molecule has 0 saturated carbocycles. The summed E-state index contributed by atoms with van der Waals surface area (Å²) in [6.07, 6.45) is -0.286. The lowest BCUT2D eigenvalue weighted by molar-refractivity contribution is -0.387. The van der Waals surface area contributed by atoms with Crippen LogP contribution in [0.1, 0.15) is 5.56 Å². The van der Waals surface area contributed by atoms with E-state index < -0.39 is 49.5 Å². The number of nitrogens with one attached hydrogen (secondary N) is 1. The molecule has 2 aromatic carbocycles. The number of nitrogens with zero attached hydrogens (tertiary/aromatic N) is 1. The van der Waals surface area contributed by atoms with Crippen LogP contribution < -0.4 is 9.50 Å². The Balaban J connectivity index is 2.18. The summed E-state index contributed by atoms with van der Waals surface area (Å²) in [5.74, 6) is -5.00. The molecule has 0 unspecified atom stereocenters. The van der Waals surface area contributed by atoms with Gasteiger partial charge in [-0.05, 0) is 23.8 Å². The number of benzene rings is 2. The molecule has 0 bridgehead atoms. The minimum absolute atomic E-state index is 0.196. The number of amides is 1. The lowest BCUT2D eigenvalue weighted by atomic mass is 10.1. The maximum absolute atomic E-state index is 12.4. The number of para-hydroxylation sites is 1. The molecule has 0 aliphatic heterocycles. The van der Waals surface area contributed by atoms with Crippen molar-refractivity contribution in [1.82, 2.24) is 5.32 Å². The topological polar surface area (TPSA) is 190 Å². The van der Waals surface area contributed by atoms with E-state index in [-0.39, 0.29) is 12.2 Å². The molecule has 2 aromatic rings. The maximum atomic E-state index is 12.4. The molecule has 0 saturated heterocycles. The van der Waals surface area contributed by atoms with Crippen molar-refractivity contribution >= 4 is 33.7 Å². The SMILES string of the molecule is O=C(O)C(=O)N[C@H](Cc1ccc(OS(=O)(=O)c2ccccc2[N+](=O)[O-])cc1)C(=O)O. The molecule has 0 heterocycles. The number of carbonyl (C=O) groups excluding carboxylic acids is 1. The van der Waals surface area contributed by atoms with E-state index in [0.29, 0.717) is 5.56 Å². The van der Waals surface area contributed by atoms with Crippen LogP contribution in [-0.2, 0) is 30.9 Å². The summed E-state index contributed by atoms with van der Waals surface area (Å²) < 4.78 is 29.6. The Labute approximate surface area is 169 Å². The second kappa shape index (κ2) is 9.00. The highest BCUT2D eigenvalue weighted by molar-refractivity contribution is 7.87. The van der Waals surface area contributed by atoms with Crippen molar-refractivity contribution in [3.8, 4) is 5.75 Å². The molecule has 30 heavy (non-hydrogen) atoms. The van der Waals surface area contributed by atoms with Crippen molar-refractivity contribution in [3.05, 3.63) is 64.2 Å². The Bertz CT molecular complexity index is 1100. The highest BCUT2D eigenvalue weighted by atomic mass is 32.2. The second-order valence-corrected chi connectivity index (χ2v) is 7.29. The van der Waals surface area contributed by atoms with Crippen molar-refractivity contribution in [3.63, 3.8) is 0 Å².